The molecule has 1 heterocycles. The van der Waals surface area contributed by atoms with E-state index in [0.29, 0.717) is 11.4 Å². The van der Waals surface area contributed by atoms with Crippen LogP contribution in [0.25, 0.3) is 0 Å². The molecule has 6 heteroatoms. The molecule has 0 aliphatic carbocycles. The molecule has 0 spiro atoms. The van der Waals surface area contributed by atoms with E-state index in [1.54, 1.807) is 6.07 Å². The first-order valence-electron chi connectivity index (χ1n) is 5.18. The van der Waals surface area contributed by atoms with Crippen molar-refractivity contribution in [3.63, 3.8) is 0 Å². The van der Waals surface area contributed by atoms with Gasteiger partial charge in [0.25, 0.3) is 0 Å². The molecule has 0 bridgehead atoms. The zero-order chi connectivity index (χ0) is 12.6. The summed E-state index contributed by atoms with van der Waals surface area (Å²) in [5.41, 5.74) is 0.796. The molecule has 1 fully saturated rings. The van der Waals surface area contributed by atoms with Gasteiger partial charge in [0.15, 0.2) is 9.84 Å². The molecule has 0 aromatic heterocycles. The molecule has 0 radical (unpaired) electrons. The quantitative estimate of drug-likeness (QED) is 0.754. The van der Waals surface area contributed by atoms with Crippen LogP contribution < -0.4 is 0 Å². The van der Waals surface area contributed by atoms with Crippen molar-refractivity contribution in [3.05, 3.63) is 33.3 Å². The van der Waals surface area contributed by atoms with Crippen molar-refractivity contribution < 1.29 is 8.42 Å². The van der Waals surface area contributed by atoms with Crippen LogP contribution in [0.3, 0.4) is 0 Å². The molecule has 2 unspecified atom stereocenters. The summed E-state index contributed by atoms with van der Waals surface area (Å²) in [6, 6.07) is 5.45. The molecular weight excluding hydrogens is 347 g/mol. The van der Waals surface area contributed by atoms with Gasteiger partial charge in [-0.05, 0) is 36.1 Å². The number of alkyl halides is 1. The summed E-state index contributed by atoms with van der Waals surface area (Å²) in [5.74, 6) is 0.338. The lowest BCUT2D eigenvalue weighted by atomic mass is 9.98. The summed E-state index contributed by atoms with van der Waals surface area (Å²) in [4.78, 5) is 0. The van der Waals surface area contributed by atoms with E-state index in [0.717, 1.165) is 10.0 Å². The van der Waals surface area contributed by atoms with E-state index in [2.05, 4.69) is 15.9 Å². The largest absolute Gasteiger partial charge is 0.229 e. The molecule has 1 saturated heterocycles. The fraction of sp³-hybridized carbons (Fsp3) is 0.455. The van der Waals surface area contributed by atoms with E-state index < -0.39 is 9.84 Å². The number of sulfone groups is 1. The Morgan fingerprint density at radius 2 is 2.12 bits per heavy atom. The van der Waals surface area contributed by atoms with E-state index in [1.165, 1.54) is 0 Å². The third kappa shape index (κ3) is 3.16. The van der Waals surface area contributed by atoms with Crippen molar-refractivity contribution in [2.75, 3.05) is 11.5 Å². The Labute approximate surface area is 119 Å². The summed E-state index contributed by atoms with van der Waals surface area (Å²) in [6.45, 7) is 0. The van der Waals surface area contributed by atoms with Gasteiger partial charge < -0.3 is 0 Å². The van der Waals surface area contributed by atoms with Gasteiger partial charge in [-0.3, -0.25) is 0 Å². The highest BCUT2D eigenvalue weighted by atomic mass is 79.9. The zero-order valence-electron chi connectivity index (χ0n) is 8.87. The van der Waals surface area contributed by atoms with Crippen molar-refractivity contribution in [3.8, 4) is 0 Å². The maximum atomic E-state index is 11.4. The Morgan fingerprint density at radius 1 is 1.41 bits per heavy atom. The second kappa shape index (κ2) is 5.08. The van der Waals surface area contributed by atoms with Gasteiger partial charge >= 0.3 is 0 Å². The molecular formula is C11H11BrCl2O2S. The highest BCUT2D eigenvalue weighted by Gasteiger charge is 2.34. The van der Waals surface area contributed by atoms with Gasteiger partial charge in [-0.15, -0.1) is 11.6 Å². The molecule has 2 atom stereocenters. The van der Waals surface area contributed by atoms with Gasteiger partial charge in [0.1, 0.15) is 0 Å². The lowest BCUT2D eigenvalue weighted by molar-refractivity contribution is 0.569. The standard InChI is InChI=1S/C11H11BrCl2O2S/c12-8-1-2-10(13)9(5-8)11(14)7-3-4-17(15,16)6-7/h1-2,5,7,11H,3-4,6H2. The van der Waals surface area contributed by atoms with E-state index in [9.17, 15) is 8.42 Å². The van der Waals surface area contributed by atoms with Gasteiger partial charge in [-0.1, -0.05) is 27.5 Å². The minimum absolute atomic E-state index is 0.0477. The lowest BCUT2D eigenvalue weighted by Gasteiger charge is -2.17. The molecule has 1 aliphatic rings. The van der Waals surface area contributed by atoms with Crippen LogP contribution in [-0.2, 0) is 9.84 Å². The number of halogens is 3. The maximum absolute atomic E-state index is 11.4. The minimum atomic E-state index is -2.91. The van der Waals surface area contributed by atoms with E-state index >= 15 is 0 Å². The molecule has 0 N–H and O–H groups in total. The zero-order valence-corrected chi connectivity index (χ0v) is 12.8. The van der Waals surface area contributed by atoms with Crippen LogP contribution in [0.4, 0.5) is 0 Å². The first-order valence-corrected chi connectivity index (χ1v) is 8.61. The summed E-state index contributed by atoms with van der Waals surface area (Å²) < 4.78 is 23.7. The van der Waals surface area contributed by atoms with Gasteiger partial charge in [-0.2, -0.15) is 0 Å². The molecule has 1 aromatic carbocycles. The fourth-order valence-electron chi connectivity index (χ4n) is 2.03. The number of rotatable bonds is 2. The topological polar surface area (TPSA) is 34.1 Å². The van der Waals surface area contributed by atoms with Gasteiger partial charge in [-0.25, -0.2) is 8.42 Å². The van der Waals surface area contributed by atoms with Crippen LogP contribution >= 0.6 is 39.1 Å². The Morgan fingerprint density at radius 3 is 2.71 bits per heavy atom. The molecule has 1 aliphatic heterocycles. The summed E-state index contributed by atoms with van der Waals surface area (Å²) in [6.07, 6.45) is 0.610. The van der Waals surface area contributed by atoms with Crippen LogP contribution in [0.5, 0.6) is 0 Å². The third-order valence-corrected chi connectivity index (χ3v) is 6.16. The Balaban J connectivity index is 2.26. The average Bonchev–Trinajstić information content (AvgIpc) is 2.61. The maximum Gasteiger partial charge on any atom is 0.150 e. The SMILES string of the molecule is O=S1(=O)CCC(C(Cl)c2cc(Br)ccc2Cl)C1. The predicted octanol–water partition coefficient (Wildman–Crippen LogP) is 3.82. The number of hydrogen-bond acceptors (Lipinski definition) is 2. The lowest BCUT2D eigenvalue weighted by Crippen LogP contribution is -2.10. The van der Waals surface area contributed by atoms with Gasteiger partial charge in [0.05, 0.1) is 16.9 Å². The summed E-state index contributed by atoms with van der Waals surface area (Å²) in [5, 5.41) is 0.231. The highest BCUT2D eigenvalue weighted by molar-refractivity contribution is 9.10. The minimum Gasteiger partial charge on any atom is -0.229 e. The van der Waals surface area contributed by atoms with Gasteiger partial charge in [0.2, 0.25) is 0 Å². The van der Waals surface area contributed by atoms with Crippen LogP contribution in [0.15, 0.2) is 22.7 Å². The Kier molecular flexibility index (Phi) is 4.08. The van der Waals surface area contributed by atoms with Crippen LogP contribution in [0.2, 0.25) is 5.02 Å². The normalized spacial score (nSPS) is 24.8. The molecule has 2 rings (SSSR count). The van der Waals surface area contributed by atoms with Crippen molar-refractivity contribution in [2.24, 2.45) is 5.92 Å². The van der Waals surface area contributed by atoms with Gasteiger partial charge in [0, 0.05) is 9.50 Å². The Bertz CT molecular complexity index is 530. The summed E-state index contributed by atoms with van der Waals surface area (Å²) >= 11 is 15.8. The first-order chi connectivity index (χ1) is 7.89. The second-order valence-corrected chi connectivity index (χ2v) is 8.25. The molecule has 0 amide bonds. The van der Waals surface area contributed by atoms with E-state index in [4.69, 9.17) is 23.2 Å². The molecule has 1 aromatic rings. The van der Waals surface area contributed by atoms with Crippen molar-refractivity contribution >= 4 is 49.0 Å². The second-order valence-electron chi connectivity index (χ2n) is 4.23. The van der Waals surface area contributed by atoms with Crippen LogP contribution in [-0.4, -0.2) is 19.9 Å². The fourth-order valence-corrected chi connectivity index (χ4v) is 5.05. The van der Waals surface area contributed by atoms with Crippen LogP contribution in [0, 0.1) is 5.92 Å². The molecule has 17 heavy (non-hydrogen) atoms. The Hall–Kier alpha value is 0.230. The predicted molar refractivity (Wildman–Crippen MR) is 74.5 cm³/mol. The monoisotopic (exact) mass is 356 g/mol. The third-order valence-electron chi connectivity index (χ3n) is 2.94. The number of hydrogen-bond donors (Lipinski definition) is 0. The molecule has 0 saturated carbocycles. The van der Waals surface area contributed by atoms with Crippen molar-refractivity contribution in [1.29, 1.82) is 0 Å². The summed E-state index contributed by atoms with van der Waals surface area (Å²) in [7, 11) is -2.91. The van der Waals surface area contributed by atoms with Crippen molar-refractivity contribution in [1.82, 2.24) is 0 Å². The van der Waals surface area contributed by atoms with E-state index in [1.807, 2.05) is 12.1 Å². The van der Waals surface area contributed by atoms with E-state index in [-0.39, 0.29) is 22.8 Å². The van der Waals surface area contributed by atoms with Crippen molar-refractivity contribution in [2.45, 2.75) is 11.8 Å². The number of benzene rings is 1. The average molecular weight is 358 g/mol. The molecule has 2 nitrogen and oxygen atoms in total. The van der Waals surface area contributed by atoms with Crippen LogP contribution in [0.1, 0.15) is 17.4 Å². The highest BCUT2D eigenvalue weighted by Crippen LogP contribution is 2.40. The molecule has 94 valence electrons. The smallest absolute Gasteiger partial charge is 0.150 e. The first kappa shape index (κ1) is 13.7.